The normalized spacial score (nSPS) is 24.8. The summed E-state index contributed by atoms with van der Waals surface area (Å²) in [5.41, 5.74) is 1.82. The molecule has 3 fully saturated rings. The smallest absolute Gasteiger partial charge is 0.306 e. The number of rotatable bonds is 42. The van der Waals surface area contributed by atoms with Crippen molar-refractivity contribution in [2.24, 2.45) is 0 Å². The molecular formula is C75H101N3O29. The number of unbranched alkanes of at least 4 members (excludes halogenated alkanes) is 2. The SMILES string of the molecule is COC(=O)CCCCCO[C@H]1O[C@H](C)[C@@H](NC(=O)[C@@H](CCOC(C)=O)OC(C)=O)[C@H](OCc2ccccc2)[C@@H]1O[C@H]1O[C@H](C)[C@@H](NC(=O)[C@@H](CCOC(C)=O)OC(C)=O)[C@H](OCc2ccccc2)[C@@H]1O[C@H]1O[C@H](C)[C@@H](NC(=O)[C@@H](CCOC(C)=O)OC(C)=O)[C@H](OCc2ccccc2)[C@@H]1OC(=O)CCC(C)=O. The molecule has 0 saturated carbocycles. The molecule has 3 N–H and O–H groups in total. The van der Waals surface area contributed by atoms with E-state index in [0.717, 1.165) is 34.6 Å². The number of nitrogens with one attached hydrogen (secondary N) is 3. The van der Waals surface area contributed by atoms with Crippen molar-refractivity contribution in [2.75, 3.05) is 33.5 Å². The summed E-state index contributed by atoms with van der Waals surface area (Å²) in [6.07, 6.45) is -23.4. The number of methoxy groups -OCH3 is 1. The van der Waals surface area contributed by atoms with E-state index in [9.17, 15) is 57.5 Å². The summed E-state index contributed by atoms with van der Waals surface area (Å²) >= 11 is 0. The summed E-state index contributed by atoms with van der Waals surface area (Å²) in [7, 11) is 1.28. The van der Waals surface area contributed by atoms with Gasteiger partial charge in [-0.3, -0.25) is 52.7 Å². The molecule has 3 amide bonds. The lowest BCUT2D eigenvalue weighted by molar-refractivity contribution is -0.380. The van der Waals surface area contributed by atoms with Gasteiger partial charge in [0.2, 0.25) is 0 Å². The van der Waals surface area contributed by atoms with Gasteiger partial charge in [0.1, 0.15) is 36.3 Å². The second-order valence-electron chi connectivity index (χ2n) is 25.8. The molecule has 3 saturated heterocycles. The zero-order chi connectivity index (χ0) is 78.1. The molecule has 3 heterocycles. The maximum Gasteiger partial charge on any atom is 0.306 e. The Morgan fingerprint density at radius 2 is 0.720 bits per heavy atom. The highest BCUT2D eigenvalue weighted by molar-refractivity contribution is 5.85. The van der Waals surface area contributed by atoms with E-state index in [4.69, 9.17) is 80.5 Å². The summed E-state index contributed by atoms with van der Waals surface area (Å²) in [6.45, 7) is 11.0. The summed E-state index contributed by atoms with van der Waals surface area (Å²) in [5.74, 6) is -9.06. The minimum absolute atomic E-state index is 0.0361. The van der Waals surface area contributed by atoms with Crippen LogP contribution >= 0.6 is 0 Å². The highest BCUT2D eigenvalue weighted by atomic mass is 16.8. The van der Waals surface area contributed by atoms with Crippen LogP contribution in [-0.4, -0.2) is 215 Å². The summed E-state index contributed by atoms with van der Waals surface area (Å²) in [4.78, 5) is 157. The Kier molecular flexibility index (Phi) is 36.7. The topological polar surface area (TPSA) is 398 Å². The Morgan fingerprint density at radius 3 is 1.07 bits per heavy atom. The van der Waals surface area contributed by atoms with Crippen molar-refractivity contribution >= 4 is 71.3 Å². The molecular weight excluding hydrogens is 1410 g/mol. The molecule has 0 aliphatic carbocycles. The van der Waals surface area contributed by atoms with Crippen molar-refractivity contribution in [1.29, 1.82) is 0 Å². The first-order chi connectivity index (χ1) is 51.1. The van der Waals surface area contributed by atoms with Crippen molar-refractivity contribution in [3.05, 3.63) is 108 Å². The van der Waals surface area contributed by atoms with Crippen LogP contribution < -0.4 is 16.0 Å². The van der Waals surface area contributed by atoms with E-state index in [2.05, 4.69) is 16.0 Å². The molecule has 107 heavy (non-hydrogen) atoms. The second kappa shape index (κ2) is 45.1. The number of hydrogen-bond acceptors (Lipinski definition) is 29. The number of ether oxygens (including phenoxy) is 17. The monoisotopic (exact) mass is 1510 g/mol. The van der Waals surface area contributed by atoms with Crippen molar-refractivity contribution in [1.82, 2.24) is 16.0 Å². The van der Waals surface area contributed by atoms with Crippen LogP contribution in [0.5, 0.6) is 0 Å². The van der Waals surface area contributed by atoms with Gasteiger partial charge in [0.05, 0.1) is 89.6 Å². The van der Waals surface area contributed by atoms with Crippen LogP contribution in [0, 0.1) is 0 Å². The maximum absolute atomic E-state index is 14.9. The average Bonchev–Trinajstić information content (AvgIpc) is 0.764. The zero-order valence-electron chi connectivity index (χ0n) is 62.2. The Bertz CT molecular complexity index is 3370. The molecule has 32 heteroatoms. The number of ketones is 1. The minimum Gasteiger partial charge on any atom is -0.469 e. The molecule has 6 rings (SSSR count). The zero-order valence-corrected chi connectivity index (χ0v) is 62.2. The first-order valence-electron chi connectivity index (χ1n) is 35.5. The predicted molar refractivity (Wildman–Crippen MR) is 370 cm³/mol. The molecule has 0 aromatic heterocycles. The van der Waals surface area contributed by atoms with Gasteiger partial charge in [0.25, 0.3) is 17.7 Å². The van der Waals surface area contributed by atoms with Gasteiger partial charge in [-0.15, -0.1) is 0 Å². The van der Waals surface area contributed by atoms with E-state index < -0.39 is 182 Å². The molecule has 0 radical (unpaired) electrons. The summed E-state index contributed by atoms with van der Waals surface area (Å²) in [6, 6.07) is 22.4. The van der Waals surface area contributed by atoms with Gasteiger partial charge in [-0.05, 0) is 57.2 Å². The Labute approximate surface area is 621 Å². The molecule has 0 unspecified atom stereocenters. The standard InChI is InChI=1S/C75H101N3O29/c1-43(79)31-32-60(87)105-68-65(97-41-54-26-18-13-19-27-54)62(77-71(89)57(103-51(9)84)34-38-93-48(6)81)45(3)100-74(68)107-69-66(98-42-55-28-20-14-21-29-55)63(78-72(90)58(104-52(10)85)35-39-94-49(7)82)46(4)101-75(69)106-67-64(96-40-53-24-16-12-17-25-53)61(76-70(88)56(102-50(8)83)33-37-92-47(5)80)44(2)99-73(67)95-36-23-15-22-30-59(86)91-11/h12-14,16-21,24-29,44-46,56-58,61-69,73-75H,15,22-23,30-42H2,1-11H3,(H,76,88)(H,77,89)(H,78,90)/t44-,45-,46-,56-,57-,58-,61-,62-,63-,64+,65+,66+,67+,68+,69+,73+,74-,75-/m1/s1. The van der Waals surface area contributed by atoms with Crippen molar-refractivity contribution in [3.63, 3.8) is 0 Å². The Morgan fingerprint density at radius 1 is 0.374 bits per heavy atom. The van der Waals surface area contributed by atoms with Crippen molar-refractivity contribution in [2.45, 2.75) is 257 Å². The molecule has 3 aromatic carbocycles. The van der Waals surface area contributed by atoms with Crippen LogP contribution in [0.3, 0.4) is 0 Å². The third kappa shape index (κ3) is 29.7. The fourth-order valence-corrected chi connectivity index (χ4v) is 11.9. The Hall–Kier alpha value is -8.86. The van der Waals surface area contributed by atoms with Crippen LogP contribution in [0.2, 0.25) is 0 Å². The van der Waals surface area contributed by atoms with E-state index in [1.807, 2.05) is 0 Å². The van der Waals surface area contributed by atoms with Crippen LogP contribution in [0.4, 0.5) is 0 Å². The Balaban J connectivity index is 1.61. The number of carbonyl (C=O) groups is 12. The summed E-state index contributed by atoms with van der Waals surface area (Å²) < 4.78 is 106. The van der Waals surface area contributed by atoms with Crippen molar-refractivity contribution in [3.8, 4) is 0 Å². The highest BCUT2D eigenvalue weighted by Gasteiger charge is 2.57. The fourth-order valence-electron chi connectivity index (χ4n) is 11.9. The molecule has 0 bridgehead atoms. The fraction of sp³-hybridized carbons (Fsp3) is 0.600. The molecule has 18 atom stereocenters. The number of benzene rings is 3. The summed E-state index contributed by atoms with van der Waals surface area (Å²) in [5, 5.41) is 8.73. The highest BCUT2D eigenvalue weighted by Crippen LogP contribution is 2.38. The van der Waals surface area contributed by atoms with Crippen LogP contribution in [0.15, 0.2) is 91.0 Å². The molecule has 590 valence electrons. The van der Waals surface area contributed by atoms with Crippen molar-refractivity contribution < 1.29 is 138 Å². The van der Waals surface area contributed by atoms with E-state index >= 15 is 0 Å². The minimum atomic E-state index is -1.89. The van der Waals surface area contributed by atoms with E-state index in [0.29, 0.717) is 36.0 Å². The number of hydrogen-bond donors (Lipinski definition) is 3. The maximum atomic E-state index is 14.9. The van der Waals surface area contributed by atoms with Crippen LogP contribution in [0.25, 0.3) is 0 Å². The number of Topliss-reactive ketones (excluding diaryl/α,β-unsaturated/α-hetero) is 1. The van der Waals surface area contributed by atoms with Gasteiger partial charge in [0.15, 0.2) is 43.3 Å². The molecule has 0 spiro atoms. The van der Waals surface area contributed by atoms with Gasteiger partial charge >= 0.3 is 47.8 Å². The number of carbonyl (C=O) groups excluding carboxylic acids is 12. The van der Waals surface area contributed by atoms with Gasteiger partial charge < -0.3 is 101 Å². The number of esters is 8. The lowest BCUT2D eigenvalue weighted by Gasteiger charge is -2.51. The third-order valence-electron chi connectivity index (χ3n) is 17.1. The van der Waals surface area contributed by atoms with Gasteiger partial charge in [-0.25, -0.2) is 0 Å². The molecule has 3 aromatic rings. The predicted octanol–water partition coefficient (Wildman–Crippen LogP) is 4.89. The second-order valence-corrected chi connectivity index (χ2v) is 25.8. The number of amides is 3. The van der Waals surface area contributed by atoms with E-state index in [1.54, 1.807) is 105 Å². The van der Waals surface area contributed by atoms with Gasteiger partial charge in [-0.1, -0.05) is 97.4 Å². The molecule has 3 aliphatic heterocycles. The first-order valence-corrected chi connectivity index (χ1v) is 35.5. The quantitative estimate of drug-likeness (QED) is 0.0386. The van der Waals surface area contributed by atoms with Crippen LogP contribution in [0.1, 0.15) is 144 Å². The van der Waals surface area contributed by atoms with Gasteiger partial charge in [0, 0.05) is 80.3 Å². The van der Waals surface area contributed by atoms with Crippen LogP contribution in [-0.2, 0) is 158 Å². The third-order valence-corrected chi connectivity index (χ3v) is 17.1. The van der Waals surface area contributed by atoms with Gasteiger partial charge in [-0.2, -0.15) is 0 Å². The average molecular weight is 1510 g/mol. The lowest BCUT2D eigenvalue weighted by Crippen LogP contribution is -2.71. The first kappa shape index (κ1) is 87.1. The molecule has 3 aliphatic rings. The lowest BCUT2D eigenvalue weighted by atomic mass is 9.93. The molecule has 32 nitrogen and oxygen atoms in total. The largest absolute Gasteiger partial charge is 0.469 e. The van der Waals surface area contributed by atoms with E-state index in [-0.39, 0.29) is 84.1 Å². The van der Waals surface area contributed by atoms with E-state index in [1.165, 1.54) is 27.9 Å².